The number of hydrogen-bond donors (Lipinski definition) is 1. The zero-order valence-electron chi connectivity index (χ0n) is 11.1. The number of hydrogen-bond acceptors (Lipinski definition) is 3. The third kappa shape index (κ3) is 4.70. The van der Waals surface area contributed by atoms with Crippen LogP contribution in [-0.2, 0) is 4.74 Å². The Kier molecular flexibility index (Phi) is 6.84. The maximum atomic E-state index is 13.8. The summed E-state index contributed by atoms with van der Waals surface area (Å²) >= 11 is 10.7. The lowest BCUT2D eigenvalue weighted by Gasteiger charge is -2.23. The number of ether oxygens (including phenoxy) is 1. The molecule has 7 heteroatoms. The Hall–Kier alpha value is -1.24. The highest BCUT2D eigenvalue weighted by Crippen LogP contribution is 2.21. The molecule has 0 aliphatic carbocycles. The maximum Gasteiger partial charge on any atom is 0.258 e. The minimum Gasteiger partial charge on any atom is -0.393 e. The van der Waals surface area contributed by atoms with Crippen LogP contribution in [0.15, 0.2) is 18.2 Å². The van der Waals surface area contributed by atoms with Crippen molar-refractivity contribution in [2.24, 2.45) is 5.73 Å². The van der Waals surface area contributed by atoms with Crippen LogP contribution in [0.2, 0.25) is 5.02 Å². The number of carbonyl (C=O) groups excluding carboxylic acids is 1. The SMILES string of the molecule is COCCN(CCC(N)=S)C(=O)c1c(F)cccc1Cl. The number of halogens is 2. The summed E-state index contributed by atoms with van der Waals surface area (Å²) in [5, 5.41) is 0.0766. The van der Waals surface area contributed by atoms with Crippen molar-refractivity contribution in [1.82, 2.24) is 4.90 Å². The Morgan fingerprint density at radius 1 is 1.50 bits per heavy atom. The second kappa shape index (κ2) is 8.14. The van der Waals surface area contributed by atoms with Gasteiger partial charge in [0.1, 0.15) is 5.82 Å². The highest BCUT2D eigenvalue weighted by Gasteiger charge is 2.21. The second-order valence-corrected chi connectivity index (χ2v) is 5.03. The molecule has 0 saturated carbocycles. The molecular weight excluding hydrogens is 303 g/mol. The fraction of sp³-hybridized carbons (Fsp3) is 0.385. The fourth-order valence-electron chi connectivity index (χ4n) is 1.62. The highest BCUT2D eigenvalue weighted by molar-refractivity contribution is 7.80. The Balaban J connectivity index is 2.93. The van der Waals surface area contributed by atoms with Gasteiger partial charge in [0.05, 0.1) is 22.2 Å². The van der Waals surface area contributed by atoms with Crippen LogP contribution in [0.25, 0.3) is 0 Å². The van der Waals surface area contributed by atoms with E-state index in [1.165, 1.54) is 30.2 Å². The normalized spacial score (nSPS) is 10.3. The van der Waals surface area contributed by atoms with E-state index in [4.69, 9.17) is 34.3 Å². The van der Waals surface area contributed by atoms with Crippen LogP contribution in [0.4, 0.5) is 4.39 Å². The van der Waals surface area contributed by atoms with Gasteiger partial charge in [-0.3, -0.25) is 4.79 Å². The largest absolute Gasteiger partial charge is 0.393 e. The van der Waals surface area contributed by atoms with Gasteiger partial charge in [-0.2, -0.15) is 0 Å². The Morgan fingerprint density at radius 2 is 2.20 bits per heavy atom. The molecule has 0 spiro atoms. The van der Waals surface area contributed by atoms with Crippen molar-refractivity contribution in [3.8, 4) is 0 Å². The molecule has 0 aliphatic heterocycles. The Bertz CT molecular complexity index is 479. The summed E-state index contributed by atoms with van der Waals surface area (Å²) in [6.45, 7) is 0.931. The van der Waals surface area contributed by atoms with Gasteiger partial charge in [-0.05, 0) is 12.1 Å². The molecule has 0 aromatic heterocycles. The summed E-state index contributed by atoms with van der Waals surface area (Å²) in [4.78, 5) is 14.1. The number of rotatable bonds is 7. The van der Waals surface area contributed by atoms with E-state index in [1.807, 2.05) is 0 Å². The van der Waals surface area contributed by atoms with Gasteiger partial charge in [-0.25, -0.2) is 4.39 Å². The minimum absolute atomic E-state index is 0.0766. The third-order valence-corrected chi connectivity index (χ3v) is 3.18. The van der Waals surface area contributed by atoms with E-state index in [9.17, 15) is 9.18 Å². The number of amides is 1. The van der Waals surface area contributed by atoms with Crippen LogP contribution in [0.1, 0.15) is 16.8 Å². The van der Waals surface area contributed by atoms with E-state index in [1.54, 1.807) is 0 Å². The first-order valence-corrected chi connectivity index (χ1v) is 6.76. The van der Waals surface area contributed by atoms with E-state index in [0.29, 0.717) is 31.1 Å². The standard InChI is InChI=1S/C13H16ClFN2O2S/c1-19-8-7-17(6-5-11(16)20)13(18)12-9(14)3-2-4-10(12)15/h2-4H,5-8H2,1H3,(H2,16,20). The maximum absolute atomic E-state index is 13.8. The van der Waals surface area contributed by atoms with Gasteiger partial charge in [0.25, 0.3) is 5.91 Å². The molecule has 0 heterocycles. The molecule has 0 atom stereocenters. The summed E-state index contributed by atoms with van der Waals surface area (Å²) < 4.78 is 18.7. The zero-order valence-corrected chi connectivity index (χ0v) is 12.6. The topological polar surface area (TPSA) is 55.6 Å². The van der Waals surface area contributed by atoms with Crippen LogP contribution >= 0.6 is 23.8 Å². The Labute approximate surface area is 127 Å². The lowest BCUT2D eigenvalue weighted by molar-refractivity contribution is 0.0697. The van der Waals surface area contributed by atoms with E-state index in [-0.39, 0.29) is 10.6 Å². The van der Waals surface area contributed by atoms with Crippen LogP contribution < -0.4 is 5.73 Å². The van der Waals surface area contributed by atoms with Gasteiger partial charge in [0, 0.05) is 26.6 Å². The summed E-state index contributed by atoms with van der Waals surface area (Å²) in [5.74, 6) is -1.15. The molecule has 1 aromatic rings. The van der Waals surface area contributed by atoms with Crippen molar-refractivity contribution in [3.05, 3.63) is 34.6 Å². The summed E-state index contributed by atoms with van der Waals surface area (Å²) in [6.07, 6.45) is 0.358. The predicted molar refractivity (Wildman–Crippen MR) is 80.6 cm³/mol. The number of benzene rings is 1. The highest BCUT2D eigenvalue weighted by atomic mass is 35.5. The Morgan fingerprint density at radius 3 is 2.75 bits per heavy atom. The van der Waals surface area contributed by atoms with Crippen molar-refractivity contribution in [1.29, 1.82) is 0 Å². The van der Waals surface area contributed by atoms with Crippen molar-refractivity contribution in [2.75, 3.05) is 26.8 Å². The molecule has 0 unspecified atom stereocenters. The van der Waals surface area contributed by atoms with E-state index in [2.05, 4.69) is 0 Å². The summed E-state index contributed by atoms with van der Waals surface area (Å²) in [6, 6.07) is 4.12. The van der Waals surface area contributed by atoms with Crippen molar-refractivity contribution in [3.63, 3.8) is 0 Å². The smallest absolute Gasteiger partial charge is 0.258 e. The van der Waals surface area contributed by atoms with Crippen molar-refractivity contribution >= 4 is 34.7 Å². The van der Waals surface area contributed by atoms with Crippen LogP contribution in [-0.4, -0.2) is 42.6 Å². The molecular formula is C13H16ClFN2O2S. The van der Waals surface area contributed by atoms with Crippen LogP contribution in [0, 0.1) is 5.82 Å². The molecule has 0 saturated heterocycles. The van der Waals surface area contributed by atoms with Crippen LogP contribution in [0.3, 0.4) is 0 Å². The van der Waals surface area contributed by atoms with Gasteiger partial charge in [0.2, 0.25) is 0 Å². The average molecular weight is 319 g/mol. The number of nitrogens with two attached hydrogens (primary N) is 1. The predicted octanol–water partition coefficient (Wildman–Crippen LogP) is 2.24. The molecule has 2 N–H and O–H groups in total. The van der Waals surface area contributed by atoms with E-state index >= 15 is 0 Å². The monoisotopic (exact) mass is 318 g/mol. The number of carbonyl (C=O) groups is 1. The molecule has 1 amide bonds. The first-order valence-electron chi connectivity index (χ1n) is 5.98. The van der Waals surface area contributed by atoms with E-state index < -0.39 is 11.7 Å². The van der Waals surface area contributed by atoms with Gasteiger partial charge in [-0.1, -0.05) is 29.9 Å². The van der Waals surface area contributed by atoms with Crippen molar-refractivity contribution < 1.29 is 13.9 Å². The summed E-state index contributed by atoms with van der Waals surface area (Å²) in [5.41, 5.74) is 5.28. The number of nitrogens with zero attached hydrogens (tertiary/aromatic N) is 1. The molecule has 20 heavy (non-hydrogen) atoms. The van der Waals surface area contributed by atoms with Gasteiger partial charge in [-0.15, -0.1) is 0 Å². The first-order chi connectivity index (χ1) is 9.47. The van der Waals surface area contributed by atoms with Gasteiger partial charge < -0.3 is 15.4 Å². The average Bonchev–Trinajstić information content (AvgIpc) is 2.38. The first kappa shape index (κ1) is 16.8. The molecule has 0 fully saturated rings. The molecule has 0 bridgehead atoms. The lowest BCUT2D eigenvalue weighted by Crippen LogP contribution is -2.36. The molecule has 110 valence electrons. The third-order valence-electron chi connectivity index (χ3n) is 2.66. The number of methoxy groups -OCH3 is 1. The molecule has 0 aliphatic rings. The van der Waals surface area contributed by atoms with Gasteiger partial charge >= 0.3 is 0 Å². The quantitative estimate of drug-likeness (QED) is 0.783. The van der Waals surface area contributed by atoms with Crippen LogP contribution in [0.5, 0.6) is 0 Å². The van der Waals surface area contributed by atoms with Crippen molar-refractivity contribution in [2.45, 2.75) is 6.42 Å². The summed E-state index contributed by atoms with van der Waals surface area (Å²) in [7, 11) is 1.52. The van der Waals surface area contributed by atoms with Gasteiger partial charge in [0.15, 0.2) is 0 Å². The molecule has 0 radical (unpaired) electrons. The minimum atomic E-state index is -0.653. The molecule has 4 nitrogen and oxygen atoms in total. The van der Waals surface area contributed by atoms with E-state index in [0.717, 1.165) is 0 Å². The number of thiocarbonyl (C=S) groups is 1. The molecule has 1 rings (SSSR count). The lowest BCUT2D eigenvalue weighted by atomic mass is 10.1. The second-order valence-electron chi connectivity index (χ2n) is 4.10. The molecule has 1 aromatic carbocycles. The zero-order chi connectivity index (χ0) is 15.1. The fourth-order valence-corrected chi connectivity index (χ4v) is 1.96.